The van der Waals surface area contributed by atoms with Crippen molar-refractivity contribution < 1.29 is 4.79 Å². The molecular weight excluding hydrogens is 480 g/mol. The van der Waals surface area contributed by atoms with Gasteiger partial charge in [-0.1, -0.05) is 123 Å². The monoisotopic (exact) mass is 514 g/mol. The van der Waals surface area contributed by atoms with Gasteiger partial charge in [-0.2, -0.15) is 21.0 Å². The number of carbonyl (C=O) groups is 1. The molecule has 196 valence electrons. The summed E-state index contributed by atoms with van der Waals surface area (Å²) in [5.41, 5.74) is 5.89. The van der Waals surface area contributed by atoms with Crippen molar-refractivity contribution in [3.8, 4) is 24.3 Å². The van der Waals surface area contributed by atoms with E-state index in [2.05, 4.69) is 51.6 Å². The van der Waals surface area contributed by atoms with Crippen molar-refractivity contribution in [3.63, 3.8) is 0 Å². The molecule has 4 rings (SSSR count). The highest BCUT2D eigenvalue weighted by molar-refractivity contribution is 5.96. The second-order valence-corrected chi connectivity index (χ2v) is 9.16. The molecule has 0 fully saturated rings. The quantitative estimate of drug-likeness (QED) is 0.342. The van der Waals surface area contributed by atoms with Crippen LogP contribution >= 0.6 is 0 Å². The highest BCUT2D eigenvalue weighted by Crippen LogP contribution is 2.36. The Hall–Kier alpha value is -5.23. The van der Waals surface area contributed by atoms with E-state index in [9.17, 15) is 4.79 Å². The molecule has 0 unspecified atom stereocenters. The Balaban J connectivity index is 0.000000512. The van der Waals surface area contributed by atoms with Gasteiger partial charge in [-0.25, -0.2) is 0 Å². The van der Waals surface area contributed by atoms with Gasteiger partial charge in [0.2, 0.25) is 0 Å². The zero-order chi connectivity index (χ0) is 29.5. The number of ketones is 1. The third-order valence-corrected chi connectivity index (χ3v) is 5.45. The van der Waals surface area contributed by atoms with Crippen molar-refractivity contribution in [2.24, 2.45) is 5.41 Å². The Morgan fingerprint density at radius 1 is 0.641 bits per heavy atom. The van der Waals surface area contributed by atoms with Crippen LogP contribution in [0.4, 0.5) is 0 Å². The zero-order valence-corrected chi connectivity index (χ0v) is 23.1. The molecule has 0 aromatic heterocycles. The van der Waals surface area contributed by atoms with Crippen molar-refractivity contribution in [2.45, 2.75) is 40.5 Å². The molecule has 0 saturated heterocycles. The molecule has 0 atom stereocenters. The average Bonchev–Trinajstić information content (AvgIpc) is 2.98. The average molecular weight is 515 g/mol. The van der Waals surface area contributed by atoms with Gasteiger partial charge in [0.1, 0.15) is 0 Å². The number of allylic oxidation sites excluding steroid dienone is 2. The van der Waals surface area contributed by atoms with Crippen LogP contribution in [0.5, 0.6) is 0 Å². The van der Waals surface area contributed by atoms with Gasteiger partial charge in [-0.15, -0.1) is 0 Å². The fraction of sp³-hybridized carbons (Fsp3) is 0.206. The highest BCUT2D eigenvalue weighted by Gasteiger charge is 2.28. The fourth-order valence-electron chi connectivity index (χ4n) is 3.55. The third kappa shape index (κ3) is 15.5. The zero-order valence-electron chi connectivity index (χ0n) is 23.1. The molecule has 0 bridgehead atoms. The molecule has 3 aromatic rings. The predicted molar refractivity (Wildman–Crippen MR) is 156 cm³/mol. The standard InChI is InChI=1S/C14H12.C10H16O.C6H6.2C2N2/c1-12(13-8-4-2-5-9-13)14-10-6-3-7-11-14;1-7-5-10(3,4)6-9(11)8(7)2;1-2-4-6-5-3-1;2*3-1-2-4/h2-11H,1H2;5-6H2,1-4H3;1-6H;;. The van der Waals surface area contributed by atoms with Crippen molar-refractivity contribution in [3.05, 3.63) is 126 Å². The summed E-state index contributed by atoms with van der Waals surface area (Å²) in [6, 6.07) is 37.4. The molecule has 39 heavy (non-hydrogen) atoms. The molecule has 1 aliphatic carbocycles. The minimum atomic E-state index is 0.195. The summed E-state index contributed by atoms with van der Waals surface area (Å²) in [4.78, 5) is 11.4. The summed E-state index contributed by atoms with van der Waals surface area (Å²) in [7, 11) is 0. The maximum atomic E-state index is 11.4. The van der Waals surface area contributed by atoms with E-state index in [0.29, 0.717) is 5.78 Å². The Bertz CT molecular complexity index is 1230. The maximum absolute atomic E-state index is 11.4. The van der Waals surface area contributed by atoms with Crippen LogP contribution in [0.2, 0.25) is 0 Å². The summed E-state index contributed by atoms with van der Waals surface area (Å²) in [6.45, 7) is 12.4. The smallest absolute Gasteiger partial charge is 0.181 e. The molecule has 0 amide bonds. The number of nitrogens with zero attached hydrogens (tertiary/aromatic N) is 4. The van der Waals surface area contributed by atoms with Crippen LogP contribution in [-0.2, 0) is 4.79 Å². The minimum Gasteiger partial charge on any atom is -0.295 e. The number of rotatable bonds is 2. The van der Waals surface area contributed by atoms with Gasteiger partial charge in [0, 0.05) is 6.42 Å². The van der Waals surface area contributed by atoms with E-state index in [-0.39, 0.29) is 5.41 Å². The third-order valence-electron chi connectivity index (χ3n) is 5.45. The number of benzene rings is 3. The number of carbonyl (C=O) groups excluding carboxylic acids is 1. The number of hydrogen-bond acceptors (Lipinski definition) is 5. The molecule has 0 saturated carbocycles. The van der Waals surface area contributed by atoms with Gasteiger partial charge in [-0.3, -0.25) is 4.79 Å². The van der Waals surface area contributed by atoms with Crippen molar-refractivity contribution >= 4 is 11.4 Å². The Morgan fingerprint density at radius 2 is 0.949 bits per heavy atom. The topological polar surface area (TPSA) is 112 Å². The number of hydrogen-bond donors (Lipinski definition) is 0. The van der Waals surface area contributed by atoms with Crippen molar-refractivity contribution in [2.75, 3.05) is 0 Å². The molecule has 0 heterocycles. The molecule has 0 aliphatic heterocycles. The van der Waals surface area contributed by atoms with Crippen LogP contribution in [0.1, 0.15) is 51.7 Å². The summed E-state index contributed by atoms with van der Waals surface area (Å²) < 4.78 is 0. The van der Waals surface area contributed by atoms with Gasteiger partial charge in [0.15, 0.2) is 30.1 Å². The van der Waals surface area contributed by atoms with E-state index in [1.807, 2.05) is 79.7 Å². The lowest BCUT2D eigenvalue weighted by Gasteiger charge is -2.29. The van der Waals surface area contributed by atoms with E-state index in [1.54, 1.807) is 0 Å². The molecule has 0 radical (unpaired) electrons. The number of nitriles is 4. The predicted octanol–water partition coefficient (Wildman–Crippen LogP) is 8.21. The summed E-state index contributed by atoms with van der Waals surface area (Å²) in [6.07, 6.45) is 1.79. The van der Waals surface area contributed by atoms with Gasteiger partial charge >= 0.3 is 0 Å². The summed E-state index contributed by atoms with van der Waals surface area (Å²) in [5, 5.41) is 29.1. The summed E-state index contributed by atoms with van der Waals surface area (Å²) in [5.74, 6) is 0.332. The van der Waals surface area contributed by atoms with Crippen LogP contribution in [0, 0.1) is 50.7 Å². The maximum Gasteiger partial charge on any atom is 0.181 e. The van der Waals surface area contributed by atoms with Crippen LogP contribution in [0.3, 0.4) is 0 Å². The molecule has 3 aromatic carbocycles. The largest absolute Gasteiger partial charge is 0.295 e. The van der Waals surface area contributed by atoms with Crippen molar-refractivity contribution in [1.29, 1.82) is 21.0 Å². The second kappa shape index (κ2) is 19.9. The van der Waals surface area contributed by atoms with E-state index < -0.39 is 0 Å². The molecular formula is C34H34N4O. The Morgan fingerprint density at radius 3 is 1.23 bits per heavy atom. The molecule has 0 spiro atoms. The SMILES string of the molecule is C=C(c1ccccc1)c1ccccc1.CC1=C(C)C(=O)CC(C)(C)C1.N#CC#N.N#CC#N.c1ccccc1. The van der Waals surface area contributed by atoms with E-state index in [0.717, 1.165) is 24.0 Å². The lowest BCUT2D eigenvalue weighted by Crippen LogP contribution is -2.23. The van der Waals surface area contributed by atoms with Gasteiger partial charge in [-0.05, 0) is 48.0 Å². The second-order valence-electron chi connectivity index (χ2n) is 9.16. The van der Waals surface area contributed by atoms with Gasteiger partial charge < -0.3 is 0 Å². The minimum absolute atomic E-state index is 0.195. The molecule has 5 nitrogen and oxygen atoms in total. The first-order chi connectivity index (χ1) is 18.6. The number of Topliss-reactive ketones (excluding diaryl/α,β-unsaturated/α-hetero) is 1. The first-order valence-electron chi connectivity index (χ1n) is 12.2. The van der Waals surface area contributed by atoms with E-state index in [1.165, 1.54) is 41.0 Å². The first kappa shape index (κ1) is 33.8. The van der Waals surface area contributed by atoms with Crippen LogP contribution in [-0.4, -0.2) is 5.78 Å². The van der Waals surface area contributed by atoms with Crippen LogP contribution in [0.25, 0.3) is 5.57 Å². The van der Waals surface area contributed by atoms with Crippen LogP contribution in [0.15, 0.2) is 115 Å². The lowest BCUT2D eigenvalue weighted by atomic mass is 9.74. The highest BCUT2D eigenvalue weighted by atomic mass is 16.1. The lowest BCUT2D eigenvalue weighted by molar-refractivity contribution is -0.118. The van der Waals surface area contributed by atoms with Gasteiger partial charge in [0.25, 0.3) is 0 Å². The van der Waals surface area contributed by atoms with E-state index >= 15 is 0 Å². The van der Waals surface area contributed by atoms with E-state index in [4.69, 9.17) is 21.0 Å². The summed E-state index contributed by atoms with van der Waals surface area (Å²) >= 11 is 0. The first-order valence-corrected chi connectivity index (χ1v) is 12.2. The fourth-order valence-corrected chi connectivity index (χ4v) is 3.55. The van der Waals surface area contributed by atoms with Crippen molar-refractivity contribution in [1.82, 2.24) is 0 Å². The van der Waals surface area contributed by atoms with Crippen LogP contribution < -0.4 is 0 Å². The molecule has 5 heteroatoms. The molecule has 0 N–H and O–H groups in total. The Labute approximate surface area is 233 Å². The molecule has 1 aliphatic rings. The normalized spacial score (nSPS) is 12.1. The Kier molecular flexibility index (Phi) is 17.2. The van der Waals surface area contributed by atoms with Gasteiger partial charge in [0.05, 0.1) is 0 Å².